The molecule has 1 saturated heterocycles. The van der Waals surface area contributed by atoms with Crippen LogP contribution < -0.4 is 4.90 Å². The summed E-state index contributed by atoms with van der Waals surface area (Å²) in [7, 11) is 2.10. The average Bonchev–Trinajstić information content (AvgIpc) is 2.47. The molecule has 88 valence electrons. The van der Waals surface area contributed by atoms with Gasteiger partial charge in [0, 0.05) is 19.6 Å². The summed E-state index contributed by atoms with van der Waals surface area (Å²) in [6, 6.07) is 3.34. The second-order valence-corrected chi connectivity index (χ2v) is 4.49. The van der Waals surface area contributed by atoms with Crippen LogP contribution in [-0.4, -0.2) is 43.1 Å². The van der Waals surface area contributed by atoms with Crippen molar-refractivity contribution < 1.29 is 4.39 Å². The highest BCUT2D eigenvalue weighted by atomic mass is 35.5. The summed E-state index contributed by atoms with van der Waals surface area (Å²) in [5.74, 6) is 0.0916. The predicted molar refractivity (Wildman–Crippen MR) is 63.5 cm³/mol. The van der Waals surface area contributed by atoms with E-state index < -0.39 is 5.95 Å². The molecule has 0 N–H and O–H groups in total. The molecule has 2 rings (SSSR count). The van der Waals surface area contributed by atoms with E-state index in [0.29, 0.717) is 5.82 Å². The smallest absolute Gasteiger partial charge is 0.233 e. The molecular formula is C11H15ClFN3. The van der Waals surface area contributed by atoms with E-state index in [4.69, 9.17) is 11.6 Å². The minimum absolute atomic E-state index is 0.0793. The standard InChI is InChI=1S/C11H15ClFN3/c1-15-5-2-6-16(8-7-15)10-4-3-9(12)11(13)14-10/h3-4H,2,5-8H2,1H3. The van der Waals surface area contributed by atoms with Crippen LogP contribution in [0.1, 0.15) is 6.42 Å². The molecule has 0 unspecified atom stereocenters. The molecule has 1 aliphatic heterocycles. The van der Waals surface area contributed by atoms with E-state index in [0.717, 1.165) is 32.6 Å². The molecule has 0 aliphatic carbocycles. The molecule has 1 aromatic rings. The summed E-state index contributed by atoms with van der Waals surface area (Å²) in [5.41, 5.74) is 0. The Labute approximate surface area is 99.8 Å². The van der Waals surface area contributed by atoms with Crippen molar-refractivity contribution in [3.05, 3.63) is 23.1 Å². The SMILES string of the molecule is CN1CCCN(c2ccc(Cl)c(F)n2)CC1. The third kappa shape index (κ3) is 2.62. The molecule has 0 bridgehead atoms. The zero-order valence-corrected chi connectivity index (χ0v) is 10.0. The lowest BCUT2D eigenvalue weighted by atomic mass is 10.3. The largest absolute Gasteiger partial charge is 0.355 e. The van der Waals surface area contributed by atoms with E-state index in [2.05, 4.69) is 21.8 Å². The van der Waals surface area contributed by atoms with Crippen LogP contribution >= 0.6 is 11.6 Å². The van der Waals surface area contributed by atoms with Crippen molar-refractivity contribution in [2.45, 2.75) is 6.42 Å². The van der Waals surface area contributed by atoms with Crippen molar-refractivity contribution in [2.24, 2.45) is 0 Å². The highest BCUT2D eigenvalue weighted by Crippen LogP contribution is 2.18. The van der Waals surface area contributed by atoms with Gasteiger partial charge in [0.05, 0.1) is 5.02 Å². The van der Waals surface area contributed by atoms with Crippen LogP contribution in [0, 0.1) is 5.95 Å². The fourth-order valence-corrected chi connectivity index (χ4v) is 1.96. The Kier molecular flexibility index (Phi) is 3.61. The van der Waals surface area contributed by atoms with E-state index in [-0.39, 0.29) is 5.02 Å². The normalized spacial score (nSPS) is 18.6. The van der Waals surface area contributed by atoms with Gasteiger partial charge in [-0.2, -0.15) is 4.39 Å². The molecule has 0 radical (unpaired) electrons. The van der Waals surface area contributed by atoms with Crippen LogP contribution in [0.3, 0.4) is 0 Å². The zero-order valence-electron chi connectivity index (χ0n) is 9.29. The molecule has 0 saturated carbocycles. The zero-order chi connectivity index (χ0) is 11.5. The van der Waals surface area contributed by atoms with E-state index in [9.17, 15) is 4.39 Å². The monoisotopic (exact) mass is 243 g/mol. The van der Waals surface area contributed by atoms with Crippen LogP contribution in [0.4, 0.5) is 10.2 Å². The fraction of sp³-hybridized carbons (Fsp3) is 0.545. The molecule has 16 heavy (non-hydrogen) atoms. The van der Waals surface area contributed by atoms with Crippen LogP contribution in [0.2, 0.25) is 5.02 Å². The number of aromatic nitrogens is 1. The maximum Gasteiger partial charge on any atom is 0.233 e. The maximum absolute atomic E-state index is 13.2. The van der Waals surface area contributed by atoms with E-state index in [1.54, 1.807) is 12.1 Å². The topological polar surface area (TPSA) is 19.4 Å². The molecule has 0 atom stereocenters. The molecule has 0 amide bonds. The summed E-state index contributed by atoms with van der Waals surface area (Å²) < 4.78 is 13.2. The molecule has 1 aliphatic rings. The summed E-state index contributed by atoms with van der Waals surface area (Å²) >= 11 is 5.61. The van der Waals surface area contributed by atoms with Crippen molar-refractivity contribution in [3.8, 4) is 0 Å². The Morgan fingerprint density at radius 3 is 2.81 bits per heavy atom. The fourth-order valence-electron chi connectivity index (χ4n) is 1.86. The summed E-state index contributed by atoms with van der Waals surface area (Å²) in [6.07, 6.45) is 1.07. The molecule has 0 spiro atoms. The number of nitrogens with zero attached hydrogens (tertiary/aromatic N) is 3. The second kappa shape index (κ2) is 4.97. The van der Waals surface area contributed by atoms with E-state index in [1.165, 1.54) is 0 Å². The number of hydrogen-bond donors (Lipinski definition) is 0. The van der Waals surface area contributed by atoms with Gasteiger partial charge in [-0.1, -0.05) is 11.6 Å². The molecule has 3 nitrogen and oxygen atoms in total. The Bertz CT molecular complexity index is 372. The quantitative estimate of drug-likeness (QED) is 0.704. The van der Waals surface area contributed by atoms with Crippen molar-refractivity contribution in [1.82, 2.24) is 9.88 Å². The third-order valence-corrected chi connectivity index (χ3v) is 3.11. The number of anilines is 1. The minimum Gasteiger partial charge on any atom is -0.355 e. The van der Waals surface area contributed by atoms with Gasteiger partial charge in [0.15, 0.2) is 0 Å². The lowest BCUT2D eigenvalue weighted by Gasteiger charge is -2.21. The lowest BCUT2D eigenvalue weighted by molar-refractivity contribution is 0.360. The van der Waals surface area contributed by atoms with Crippen molar-refractivity contribution in [2.75, 3.05) is 38.1 Å². The van der Waals surface area contributed by atoms with Gasteiger partial charge in [-0.15, -0.1) is 0 Å². The van der Waals surface area contributed by atoms with Gasteiger partial charge < -0.3 is 9.80 Å². The van der Waals surface area contributed by atoms with Crippen LogP contribution in [0.25, 0.3) is 0 Å². The number of likely N-dealkylation sites (N-methyl/N-ethyl adjacent to an activating group) is 1. The average molecular weight is 244 g/mol. The number of hydrogen-bond acceptors (Lipinski definition) is 3. The molecule has 0 aromatic carbocycles. The molecule has 5 heteroatoms. The van der Waals surface area contributed by atoms with Crippen molar-refractivity contribution in [3.63, 3.8) is 0 Å². The van der Waals surface area contributed by atoms with Crippen LogP contribution in [0.15, 0.2) is 12.1 Å². The Hall–Kier alpha value is -0.870. The maximum atomic E-state index is 13.2. The van der Waals surface area contributed by atoms with Crippen molar-refractivity contribution in [1.29, 1.82) is 0 Å². The van der Waals surface area contributed by atoms with Gasteiger partial charge in [-0.05, 0) is 32.1 Å². The molecule has 2 heterocycles. The van der Waals surface area contributed by atoms with Gasteiger partial charge in [-0.25, -0.2) is 4.98 Å². The Balaban J connectivity index is 2.13. The first-order chi connectivity index (χ1) is 7.66. The first-order valence-electron chi connectivity index (χ1n) is 5.42. The number of pyridine rings is 1. The van der Waals surface area contributed by atoms with Gasteiger partial charge in [0.2, 0.25) is 5.95 Å². The first kappa shape index (κ1) is 11.6. The van der Waals surface area contributed by atoms with E-state index >= 15 is 0 Å². The molecule has 1 fully saturated rings. The van der Waals surface area contributed by atoms with Crippen molar-refractivity contribution >= 4 is 17.4 Å². The van der Waals surface area contributed by atoms with Gasteiger partial charge in [-0.3, -0.25) is 0 Å². The van der Waals surface area contributed by atoms with Gasteiger partial charge in [0.1, 0.15) is 5.82 Å². The molecule has 1 aromatic heterocycles. The molecular weight excluding hydrogens is 229 g/mol. The summed E-state index contributed by atoms with van der Waals surface area (Å²) in [5, 5.41) is 0.0793. The number of halogens is 2. The van der Waals surface area contributed by atoms with Gasteiger partial charge >= 0.3 is 0 Å². The highest BCUT2D eigenvalue weighted by Gasteiger charge is 2.14. The second-order valence-electron chi connectivity index (χ2n) is 4.09. The third-order valence-electron chi connectivity index (χ3n) is 2.83. The minimum atomic E-state index is -0.586. The predicted octanol–water partition coefficient (Wildman–Crippen LogP) is 2.02. The number of rotatable bonds is 1. The lowest BCUT2D eigenvalue weighted by Crippen LogP contribution is -2.29. The Morgan fingerprint density at radius 2 is 2.06 bits per heavy atom. The van der Waals surface area contributed by atoms with Crippen LogP contribution in [0.5, 0.6) is 0 Å². The van der Waals surface area contributed by atoms with Crippen LogP contribution in [-0.2, 0) is 0 Å². The summed E-state index contributed by atoms with van der Waals surface area (Å²) in [6.45, 7) is 3.85. The van der Waals surface area contributed by atoms with E-state index in [1.807, 2.05) is 0 Å². The first-order valence-corrected chi connectivity index (χ1v) is 5.80. The highest BCUT2D eigenvalue weighted by molar-refractivity contribution is 6.30. The Morgan fingerprint density at radius 1 is 1.25 bits per heavy atom. The van der Waals surface area contributed by atoms with Gasteiger partial charge in [0.25, 0.3) is 0 Å². The summed E-state index contributed by atoms with van der Waals surface area (Å²) in [4.78, 5) is 8.24.